The van der Waals surface area contributed by atoms with Crippen LogP contribution in [0.4, 0.5) is 0 Å². The molecule has 0 aromatic rings. The number of nitrogens with one attached hydrogen (secondary N) is 1. The van der Waals surface area contributed by atoms with Crippen LogP contribution in [0.2, 0.25) is 0 Å². The minimum Gasteiger partial charge on any atom is -0.389 e. The maximum Gasteiger partial charge on any atom is 0.211 e. The van der Waals surface area contributed by atoms with Crippen molar-refractivity contribution in [1.29, 1.82) is 0 Å². The van der Waals surface area contributed by atoms with Crippen molar-refractivity contribution in [1.82, 2.24) is 9.62 Å². The molecule has 0 heterocycles. The Morgan fingerprint density at radius 1 is 1.20 bits per heavy atom. The quantitative estimate of drug-likeness (QED) is 0.524. The zero-order valence-electron chi connectivity index (χ0n) is 12.9. The summed E-state index contributed by atoms with van der Waals surface area (Å²) >= 11 is 0. The molecule has 0 aliphatic heterocycles. The standard InChI is InChI=1S/C14H30N2O3S/c1-3-16(20(2,18)19)12-8-11-15-13-14(17)9-6-4-5-7-10-14/h15,17H,3-13H2,1-2H3. The van der Waals surface area contributed by atoms with E-state index >= 15 is 0 Å². The van der Waals surface area contributed by atoms with Crippen molar-refractivity contribution in [3.63, 3.8) is 0 Å². The molecule has 6 heteroatoms. The molecule has 5 nitrogen and oxygen atoms in total. The van der Waals surface area contributed by atoms with Crippen LogP contribution >= 0.6 is 0 Å². The van der Waals surface area contributed by atoms with Crippen LogP contribution in [0.15, 0.2) is 0 Å². The first-order valence-electron chi connectivity index (χ1n) is 7.76. The van der Waals surface area contributed by atoms with Crippen LogP contribution in [0.25, 0.3) is 0 Å². The fourth-order valence-electron chi connectivity index (χ4n) is 2.82. The number of hydrogen-bond acceptors (Lipinski definition) is 4. The van der Waals surface area contributed by atoms with Crippen LogP contribution in [-0.4, -0.2) is 55.9 Å². The van der Waals surface area contributed by atoms with E-state index < -0.39 is 15.6 Å². The maximum absolute atomic E-state index is 11.4. The van der Waals surface area contributed by atoms with Crippen molar-refractivity contribution in [3.05, 3.63) is 0 Å². The van der Waals surface area contributed by atoms with Gasteiger partial charge in [-0.1, -0.05) is 32.6 Å². The van der Waals surface area contributed by atoms with Crippen LogP contribution in [0.3, 0.4) is 0 Å². The molecule has 2 N–H and O–H groups in total. The lowest BCUT2D eigenvalue weighted by atomic mass is 9.94. The van der Waals surface area contributed by atoms with Gasteiger partial charge in [0, 0.05) is 19.6 Å². The highest BCUT2D eigenvalue weighted by Gasteiger charge is 2.27. The fraction of sp³-hybridized carbons (Fsp3) is 1.00. The Morgan fingerprint density at radius 2 is 1.80 bits per heavy atom. The summed E-state index contributed by atoms with van der Waals surface area (Å²) in [4.78, 5) is 0. The van der Waals surface area contributed by atoms with E-state index in [9.17, 15) is 13.5 Å². The van der Waals surface area contributed by atoms with Crippen molar-refractivity contribution < 1.29 is 13.5 Å². The van der Waals surface area contributed by atoms with Crippen molar-refractivity contribution >= 4 is 10.0 Å². The summed E-state index contributed by atoms with van der Waals surface area (Å²) < 4.78 is 24.3. The number of aliphatic hydroxyl groups is 1. The molecule has 0 aromatic heterocycles. The van der Waals surface area contributed by atoms with E-state index in [0.717, 1.165) is 38.6 Å². The third-order valence-corrected chi connectivity index (χ3v) is 5.45. The van der Waals surface area contributed by atoms with Gasteiger partial charge >= 0.3 is 0 Å². The van der Waals surface area contributed by atoms with Crippen LogP contribution in [0.5, 0.6) is 0 Å². The Balaban J connectivity index is 2.21. The summed E-state index contributed by atoms with van der Waals surface area (Å²) in [6.07, 6.45) is 8.44. The predicted octanol–water partition coefficient (Wildman–Crippen LogP) is 1.33. The molecule has 20 heavy (non-hydrogen) atoms. The van der Waals surface area contributed by atoms with E-state index in [1.54, 1.807) is 0 Å². The van der Waals surface area contributed by atoms with E-state index in [0.29, 0.717) is 19.6 Å². The van der Waals surface area contributed by atoms with Crippen molar-refractivity contribution in [2.75, 3.05) is 32.4 Å². The summed E-state index contributed by atoms with van der Waals surface area (Å²) in [5, 5.41) is 13.7. The van der Waals surface area contributed by atoms with Gasteiger partial charge in [-0.25, -0.2) is 12.7 Å². The van der Waals surface area contributed by atoms with Crippen LogP contribution in [0, 0.1) is 0 Å². The molecule has 1 saturated carbocycles. The normalized spacial score (nSPS) is 20.0. The molecular formula is C14H30N2O3S. The lowest BCUT2D eigenvalue weighted by Crippen LogP contribution is -2.41. The second-order valence-corrected chi connectivity index (χ2v) is 7.91. The van der Waals surface area contributed by atoms with Gasteiger partial charge in [0.25, 0.3) is 0 Å². The van der Waals surface area contributed by atoms with Crippen molar-refractivity contribution in [2.45, 2.75) is 57.5 Å². The zero-order chi connectivity index (χ0) is 15.1. The molecule has 1 rings (SSSR count). The third kappa shape index (κ3) is 6.52. The molecule has 0 spiro atoms. The first-order valence-corrected chi connectivity index (χ1v) is 9.60. The van der Waals surface area contributed by atoms with E-state index in [4.69, 9.17) is 0 Å². The molecule has 0 unspecified atom stereocenters. The monoisotopic (exact) mass is 306 g/mol. The Kier molecular flexibility index (Phi) is 7.43. The van der Waals surface area contributed by atoms with E-state index in [-0.39, 0.29) is 0 Å². The largest absolute Gasteiger partial charge is 0.389 e. The Bertz CT molecular complexity index is 363. The molecule has 0 atom stereocenters. The topological polar surface area (TPSA) is 69.6 Å². The number of hydrogen-bond donors (Lipinski definition) is 2. The summed E-state index contributed by atoms with van der Waals surface area (Å²) in [6, 6.07) is 0. The van der Waals surface area contributed by atoms with Gasteiger partial charge in [-0.3, -0.25) is 0 Å². The van der Waals surface area contributed by atoms with Crippen molar-refractivity contribution in [2.24, 2.45) is 0 Å². The third-order valence-electron chi connectivity index (χ3n) is 4.07. The molecule has 1 aliphatic rings. The van der Waals surface area contributed by atoms with Gasteiger partial charge in [-0.15, -0.1) is 0 Å². The predicted molar refractivity (Wildman–Crippen MR) is 82.2 cm³/mol. The summed E-state index contributed by atoms with van der Waals surface area (Å²) in [5.74, 6) is 0. The molecule has 0 amide bonds. The molecule has 120 valence electrons. The molecular weight excluding hydrogens is 276 g/mol. The summed E-state index contributed by atoms with van der Waals surface area (Å²) in [5.41, 5.74) is -0.558. The Morgan fingerprint density at radius 3 is 2.30 bits per heavy atom. The van der Waals surface area contributed by atoms with Crippen molar-refractivity contribution in [3.8, 4) is 0 Å². The molecule has 0 bridgehead atoms. The van der Waals surface area contributed by atoms with Gasteiger partial charge in [-0.05, 0) is 25.8 Å². The smallest absolute Gasteiger partial charge is 0.211 e. The fourth-order valence-corrected chi connectivity index (χ4v) is 3.75. The highest BCUT2D eigenvalue weighted by molar-refractivity contribution is 7.88. The van der Waals surface area contributed by atoms with Gasteiger partial charge in [0.05, 0.1) is 11.9 Å². The van der Waals surface area contributed by atoms with Crippen LogP contribution < -0.4 is 5.32 Å². The highest BCUT2D eigenvalue weighted by Crippen LogP contribution is 2.26. The Hall–Kier alpha value is -0.170. The number of nitrogens with zero attached hydrogens (tertiary/aromatic N) is 1. The van der Waals surface area contributed by atoms with Gasteiger partial charge in [0.2, 0.25) is 10.0 Å². The SMILES string of the molecule is CCN(CCCNCC1(O)CCCCCC1)S(C)(=O)=O. The van der Waals surface area contributed by atoms with Gasteiger partial charge < -0.3 is 10.4 Å². The minimum absolute atomic E-state index is 0.517. The van der Waals surface area contributed by atoms with Gasteiger partial charge in [0.1, 0.15) is 0 Å². The first-order chi connectivity index (χ1) is 9.37. The highest BCUT2D eigenvalue weighted by atomic mass is 32.2. The molecule has 1 aliphatic carbocycles. The van der Waals surface area contributed by atoms with E-state index in [1.165, 1.54) is 23.4 Å². The number of sulfonamides is 1. The summed E-state index contributed by atoms with van der Waals surface area (Å²) in [7, 11) is -3.08. The van der Waals surface area contributed by atoms with Crippen LogP contribution in [-0.2, 0) is 10.0 Å². The average Bonchev–Trinajstić information content (AvgIpc) is 2.57. The lowest BCUT2D eigenvalue weighted by molar-refractivity contribution is 0.0254. The summed E-state index contributed by atoms with van der Waals surface area (Å²) in [6.45, 7) is 4.28. The average molecular weight is 306 g/mol. The van der Waals surface area contributed by atoms with Gasteiger partial charge in [-0.2, -0.15) is 0 Å². The van der Waals surface area contributed by atoms with E-state index in [2.05, 4.69) is 5.32 Å². The number of rotatable bonds is 8. The van der Waals surface area contributed by atoms with Gasteiger partial charge in [0.15, 0.2) is 0 Å². The second kappa shape index (κ2) is 8.32. The first kappa shape index (κ1) is 17.9. The molecule has 0 saturated heterocycles. The minimum atomic E-state index is -3.08. The second-order valence-electron chi connectivity index (χ2n) is 5.92. The lowest BCUT2D eigenvalue weighted by Gasteiger charge is -2.27. The van der Waals surface area contributed by atoms with Crippen LogP contribution in [0.1, 0.15) is 51.9 Å². The molecule has 0 radical (unpaired) electrons. The zero-order valence-corrected chi connectivity index (χ0v) is 13.7. The Labute approximate surface area is 123 Å². The maximum atomic E-state index is 11.4. The molecule has 0 aromatic carbocycles. The molecule has 1 fully saturated rings. The van der Waals surface area contributed by atoms with E-state index in [1.807, 2.05) is 6.92 Å².